The zero-order chi connectivity index (χ0) is 21.9. The largest absolute Gasteiger partial charge is 0.455 e. The van der Waals surface area contributed by atoms with Gasteiger partial charge in [0.2, 0.25) is 5.91 Å². The van der Waals surface area contributed by atoms with Gasteiger partial charge in [0.05, 0.1) is 6.61 Å². The van der Waals surface area contributed by atoms with Crippen molar-refractivity contribution in [1.82, 2.24) is 0 Å². The summed E-state index contributed by atoms with van der Waals surface area (Å²) >= 11 is 0. The van der Waals surface area contributed by atoms with Gasteiger partial charge in [0.25, 0.3) is 0 Å². The molecule has 0 spiro atoms. The lowest BCUT2D eigenvalue weighted by molar-refractivity contribution is -0.153. The van der Waals surface area contributed by atoms with Crippen molar-refractivity contribution in [2.24, 2.45) is 5.73 Å². The van der Waals surface area contributed by atoms with Crippen LogP contribution < -0.4 is 5.73 Å². The van der Waals surface area contributed by atoms with E-state index in [9.17, 15) is 14.7 Å². The van der Waals surface area contributed by atoms with Gasteiger partial charge in [0, 0.05) is 12.0 Å². The van der Waals surface area contributed by atoms with Gasteiger partial charge in [-0.2, -0.15) is 0 Å². The number of rotatable bonds is 18. The van der Waals surface area contributed by atoms with Gasteiger partial charge in [0.15, 0.2) is 0 Å². The van der Waals surface area contributed by atoms with E-state index in [1.807, 2.05) is 0 Å². The van der Waals surface area contributed by atoms with Gasteiger partial charge in [-0.1, -0.05) is 57.6 Å². The summed E-state index contributed by atoms with van der Waals surface area (Å²) < 4.78 is 5.19. The summed E-state index contributed by atoms with van der Waals surface area (Å²) in [6.07, 6.45) is 16.3. The third-order valence-corrected chi connectivity index (χ3v) is 4.78. The zero-order valence-electron chi connectivity index (χ0n) is 18.3. The molecule has 6 nitrogen and oxygen atoms in total. The second-order valence-corrected chi connectivity index (χ2v) is 7.55. The Morgan fingerprint density at radius 2 is 1.52 bits per heavy atom. The van der Waals surface area contributed by atoms with Gasteiger partial charge in [-0.3, -0.25) is 9.59 Å². The Morgan fingerprint density at radius 1 is 0.966 bits per heavy atom. The molecule has 0 heterocycles. The first-order chi connectivity index (χ1) is 13.9. The second kappa shape index (κ2) is 18.4. The molecule has 0 fully saturated rings. The average Bonchev–Trinajstić information content (AvgIpc) is 2.70. The maximum Gasteiger partial charge on any atom is 0.306 e. The van der Waals surface area contributed by atoms with E-state index in [0.717, 1.165) is 32.1 Å². The molecule has 6 heteroatoms. The number of ether oxygens (including phenoxy) is 1. The Morgan fingerprint density at radius 3 is 2.07 bits per heavy atom. The highest BCUT2D eigenvalue weighted by atomic mass is 16.6. The number of allylic oxidation sites excluding steroid dienone is 2. The first kappa shape index (κ1) is 27.3. The fourth-order valence-electron chi connectivity index (χ4n) is 2.85. The van der Waals surface area contributed by atoms with E-state index in [2.05, 4.69) is 19.1 Å². The molecule has 0 aromatic rings. The molecule has 2 atom stereocenters. The molecular weight excluding hydrogens is 370 g/mol. The van der Waals surface area contributed by atoms with Gasteiger partial charge in [0.1, 0.15) is 12.2 Å². The van der Waals surface area contributed by atoms with E-state index < -0.39 is 30.7 Å². The van der Waals surface area contributed by atoms with Crippen molar-refractivity contribution in [3.63, 3.8) is 0 Å². The average molecular weight is 412 g/mol. The first-order valence-corrected chi connectivity index (χ1v) is 11.0. The number of carbonyl (C=O) groups excluding carboxylic acids is 2. The Bertz CT molecular complexity index is 501. The normalized spacial score (nSPS) is 14.1. The fraction of sp³-hybridized carbons (Fsp3) is 0.739. The molecule has 1 amide bonds. The van der Waals surface area contributed by atoms with Crippen LogP contribution in [-0.2, 0) is 14.3 Å². The van der Waals surface area contributed by atoms with E-state index in [4.69, 9.17) is 15.6 Å². The number of carbonyl (C=O) groups is 2. The number of hydrogen-bond donors (Lipinski definition) is 3. The lowest BCUT2D eigenvalue weighted by atomic mass is 10.1. The zero-order valence-corrected chi connectivity index (χ0v) is 18.3. The summed E-state index contributed by atoms with van der Waals surface area (Å²) in [6.45, 7) is 3.12. The molecule has 0 aliphatic rings. The van der Waals surface area contributed by atoms with Crippen molar-refractivity contribution in [3.05, 3.63) is 23.8 Å². The quantitative estimate of drug-likeness (QED) is 0.137. The Hall–Kier alpha value is -1.66. The standard InChI is InChI=1S/C23H41NO5/c1-3-4-5-6-7-8-9-10-11-12-13-14-15-16-22(27)29-21(20(26)18-25)17-19(2)23(24)28/h8-9,17,20-21,25-26H,3-7,10-16,18H2,1-2H3,(H2,24,28). The van der Waals surface area contributed by atoms with Crippen LogP contribution in [0.1, 0.15) is 90.9 Å². The Labute approximate surface area is 176 Å². The third-order valence-electron chi connectivity index (χ3n) is 4.78. The molecule has 0 rings (SSSR count). The van der Waals surface area contributed by atoms with Crippen molar-refractivity contribution in [1.29, 1.82) is 0 Å². The minimum absolute atomic E-state index is 0.172. The van der Waals surface area contributed by atoms with Crippen molar-refractivity contribution in [2.45, 2.75) is 103 Å². The Kier molecular flexibility index (Phi) is 17.3. The number of hydrogen-bond acceptors (Lipinski definition) is 5. The van der Waals surface area contributed by atoms with Gasteiger partial charge in [-0.25, -0.2) is 0 Å². The van der Waals surface area contributed by atoms with E-state index in [1.54, 1.807) is 0 Å². The molecule has 168 valence electrons. The summed E-state index contributed by atoms with van der Waals surface area (Å²) in [4.78, 5) is 23.1. The molecule has 2 unspecified atom stereocenters. The Balaban J connectivity index is 3.88. The lowest BCUT2D eigenvalue weighted by Crippen LogP contribution is -2.33. The highest BCUT2D eigenvalue weighted by Gasteiger charge is 2.21. The van der Waals surface area contributed by atoms with Gasteiger partial charge >= 0.3 is 5.97 Å². The summed E-state index contributed by atoms with van der Waals surface area (Å²) in [6, 6.07) is 0. The minimum Gasteiger partial charge on any atom is -0.455 e. The van der Waals surface area contributed by atoms with Crippen molar-refractivity contribution >= 4 is 11.9 Å². The second-order valence-electron chi connectivity index (χ2n) is 7.55. The third kappa shape index (κ3) is 15.9. The summed E-state index contributed by atoms with van der Waals surface area (Å²) in [5, 5.41) is 18.8. The smallest absolute Gasteiger partial charge is 0.306 e. The molecule has 0 aliphatic carbocycles. The van der Waals surface area contributed by atoms with E-state index in [1.165, 1.54) is 45.1 Å². The molecule has 0 aromatic heterocycles. The molecule has 29 heavy (non-hydrogen) atoms. The highest BCUT2D eigenvalue weighted by Crippen LogP contribution is 2.12. The molecule has 0 aliphatic heterocycles. The first-order valence-electron chi connectivity index (χ1n) is 11.0. The molecule has 4 N–H and O–H groups in total. The molecule has 0 aromatic carbocycles. The summed E-state index contributed by atoms with van der Waals surface area (Å²) in [5.74, 6) is -1.12. The van der Waals surface area contributed by atoms with Crippen molar-refractivity contribution < 1.29 is 24.5 Å². The molecular formula is C23H41NO5. The van der Waals surface area contributed by atoms with Crippen molar-refractivity contribution in [3.8, 4) is 0 Å². The summed E-state index contributed by atoms with van der Waals surface area (Å²) in [5.41, 5.74) is 5.32. The number of amides is 1. The number of nitrogens with two attached hydrogens (primary N) is 1. The molecule has 0 radical (unpaired) electrons. The van der Waals surface area contributed by atoms with Crippen LogP contribution in [0, 0.1) is 0 Å². The van der Waals surface area contributed by atoms with E-state index >= 15 is 0 Å². The van der Waals surface area contributed by atoms with Crippen LogP contribution in [0.2, 0.25) is 0 Å². The SMILES string of the molecule is CCCCCCC=CCCCCCCCC(=O)OC(C=C(C)C(N)=O)C(O)CO. The van der Waals surface area contributed by atoms with Crippen LogP contribution in [0.3, 0.4) is 0 Å². The molecule has 0 bridgehead atoms. The summed E-state index contributed by atoms with van der Waals surface area (Å²) in [7, 11) is 0. The lowest BCUT2D eigenvalue weighted by Gasteiger charge is -2.19. The van der Waals surface area contributed by atoms with E-state index in [-0.39, 0.29) is 12.0 Å². The van der Waals surface area contributed by atoms with Gasteiger partial charge in [-0.15, -0.1) is 0 Å². The maximum atomic E-state index is 12.0. The van der Waals surface area contributed by atoms with Crippen LogP contribution in [0.5, 0.6) is 0 Å². The number of primary amides is 1. The van der Waals surface area contributed by atoms with Crippen LogP contribution in [0.4, 0.5) is 0 Å². The minimum atomic E-state index is -1.28. The van der Waals surface area contributed by atoms with Crippen LogP contribution in [-0.4, -0.2) is 40.9 Å². The molecule has 0 saturated heterocycles. The van der Waals surface area contributed by atoms with Gasteiger partial charge in [-0.05, 0) is 45.1 Å². The van der Waals surface area contributed by atoms with Gasteiger partial charge < -0.3 is 20.7 Å². The van der Waals surface area contributed by atoms with E-state index in [0.29, 0.717) is 6.42 Å². The fourth-order valence-corrected chi connectivity index (χ4v) is 2.85. The number of unbranched alkanes of at least 4 members (excludes halogenated alkanes) is 9. The number of aliphatic hydroxyl groups excluding tert-OH is 2. The maximum absolute atomic E-state index is 12.0. The molecule has 0 saturated carbocycles. The van der Waals surface area contributed by atoms with Crippen LogP contribution >= 0.6 is 0 Å². The van der Waals surface area contributed by atoms with Crippen LogP contribution in [0.25, 0.3) is 0 Å². The number of aliphatic hydroxyl groups is 2. The van der Waals surface area contributed by atoms with Crippen molar-refractivity contribution in [2.75, 3.05) is 6.61 Å². The highest BCUT2D eigenvalue weighted by molar-refractivity contribution is 5.91. The number of esters is 1. The monoisotopic (exact) mass is 411 g/mol. The predicted molar refractivity (Wildman–Crippen MR) is 116 cm³/mol. The topological polar surface area (TPSA) is 110 Å². The predicted octanol–water partition coefficient (Wildman–Crippen LogP) is 3.94. The van der Waals surface area contributed by atoms with Crippen LogP contribution in [0.15, 0.2) is 23.8 Å².